The van der Waals surface area contributed by atoms with Crippen LogP contribution in [0.1, 0.15) is 23.7 Å². The predicted octanol–water partition coefficient (Wildman–Crippen LogP) is 2.85. The molecule has 0 spiro atoms. The van der Waals surface area contributed by atoms with Gasteiger partial charge in [0.25, 0.3) is 0 Å². The van der Waals surface area contributed by atoms with Crippen molar-refractivity contribution in [2.45, 2.75) is 26.7 Å². The van der Waals surface area contributed by atoms with Gasteiger partial charge in [0.1, 0.15) is 5.69 Å². The van der Waals surface area contributed by atoms with Crippen molar-refractivity contribution in [2.24, 2.45) is 7.05 Å². The van der Waals surface area contributed by atoms with Crippen LogP contribution in [0.4, 0.5) is 11.5 Å². The lowest BCUT2D eigenvalue weighted by atomic mass is 10.1. The molecule has 0 bridgehead atoms. The molecule has 6 nitrogen and oxygen atoms in total. The van der Waals surface area contributed by atoms with Gasteiger partial charge in [0.2, 0.25) is 5.82 Å². The third-order valence-corrected chi connectivity index (χ3v) is 3.56. The summed E-state index contributed by atoms with van der Waals surface area (Å²) in [6.07, 6.45) is 1.36. The van der Waals surface area contributed by atoms with E-state index in [9.17, 15) is 10.1 Å². The van der Waals surface area contributed by atoms with Gasteiger partial charge in [0, 0.05) is 13.6 Å². The predicted molar refractivity (Wildman–Crippen MR) is 82.6 cm³/mol. The fourth-order valence-corrected chi connectivity index (χ4v) is 2.40. The van der Waals surface area contributed by atoms with Crippen LogP contribution in [-0.2, 0) is 19.9 Å². The Morgan fingerprint density at radius 1 is 1.38 bits per heavy atom. The van der Waals surface area contributed by atoms with Crippen LogP contribution in [-0.4, -0.2) is 21.2 Å². The van der Waals surface area contributed by atoms with E-state index in [-0.39, 0.29) is 10.6 Å². The van der Waals surface area contributed by atoms with Gasteiger partial charge in [-0.1, -0.05) is 31.2 Å². The number of nitro groups is 1. The molecule has 0 aliphatic rings. The van der Waals surface area contributed by atoms with Gasteiger partial charge < -0.3 is 5.32 Å². The maximum Gasteiger partial charge on any atom is 0.333 e. The molecule has 0 amide bonds. The van der Waals surface area contributed by atoms with E-state index in [2.05, 4.69) is 29.5 Å². The highest BCUT2D eigenvalue weighted by Crippen LogP contribution is 2.28. The van der Waals surface area contributed by atoms with Crippen molar-refractivity contribution in [3.05, 3.63) is 51.2 Å². The van der Waals surface area contributed by atoms with Crippen molar-refractivity contribution in [1.29, 1.82) is 0 Å². The Bertz CT molecular complexity index is 649. The van der Waals surface area contributed by atoms with Crippen molar-refractivity contribution >= 4 is 11.5 Å². The highest BCUT2D eigenvalue weighted by atomic mass is 16.6. The quantitative estimate of drug-likeness (QED) is 0.655. The van der Waals surface area contributed by atoms with E-state index >= 15 is 0 Å². The molecule has 21 heavy (non-hydrogen) atoms. The Morgan fingerprint density at radius 3 is 2.71 bits per heavy atom. The smallest absolute Gasteiger partial charge is 0.333 e. The first kappa shape index (κ1) is 15.0. The van der Waals surface area contributed by atoms with Crippen LogP contribution in [0.25, 0.3) is 0 Å². The van der Waals surface area contributed by atoms with Crippen molar-refractivity contribution in [3.63, 3.8) is 0 Å². The molecule has 0 saturated heterocycles. The van der Waals surface area contributed by atoms with E-state index in [0.717, 1.165) is 6.42 Å². The largest absolute Gasteiger partial charge is 0.364 e. The molecule has 1 N–H and O–H groups in total. The Kier molecular flexibility index (Phi) is 4.57. The number of hydrogen-bond acceptors (Lipinski definition) is 4. The number of hydrogen-bond donors (Lipinski definition) is 1. The third-order valence-electron chi connectivity index (χ3n) is 3.56. The molecule has 2 rings (SSSR count). The number of aromatic nitrogens is 2. The minimum absolute atomic E-state index is 0.0878. The summed E-state index contributed by atoms with van der Waals surface area (Å²) >= 11 is 0. The molecule has 1 aromatic carbocycles. The Labute approximate surface area is 123 Å². The van der Waals surface area contributed by atoms with Gasteiger partial charge in [-0.2, -0.15) is 5.10 Å². The summed E-state index contributed by atoms with van der Waals surface area (Å²) in [5.74, 6) is 0.477. The molecule has 0 atom stereocenters. The highest BCUT2D eigenvalue weighted by Gasteiger charge is 2.25. The Hall–Kier alpha value is -2.37. The van der Waals surface area contributed by atoms with Gasteiger partial charge in [-0.25, -0.2) is 4.68 Å². The highest BCUT2D eigenvalue weighted by molar-refractivity contribution is 5.59. The minimum atomic E-state index is -0.359. The van der Waals surface area contributed by atoms with Crippen molar-refractivity contribution in [3.8, 4) is 0 Å². The maximum absolute atomic E-state index is 11.2. The van der Waals surface area contributed by atoms with E-state index < -0.39 is 0 Å². The zero-order chi connectivity index (χ0) is 15.4. The first-order valence-corrected chi connectivity index (χ1v) is 7.03. The van der Waals surface area contributed by atoms with Crippen molar-refractivity contribution in [2.75, 3.05) is 11.9 Å². The second-order valence-corrected chi connectivity index (χ2v) is 4.98. The summed E-state index contributed by atoms with van der Waals surface area (Å²) < 4.78 is 1.55. The van der Waals surface area contributed by atoms with Gasteiger partial charge in [-0.3, -0.25) is 10.1 Å². The summed E-state index contributed by atoms with van der Waals surface area (Å²) in [4.78, 5) is 10.9. The summed E-state index contributed by atoms with van der Waals surface area (Å²) in [6.45, 7) is 4.57. The third kappa shape index (κ3) is 3.21. The van der Waals surface area contributed by atoms with Crippen molar-refractivity contribution < 1.29 is 4.92 Å². The normalized spacial score (nSPS) is 10.6. The Morgan fingerprint density at radius 2 is 2.10 bits per heavy atom. The van der Waals surface area contributed by atoms with Crippen LogP contribution in [0.2, 0.25) is 0 Å². The maximum atomic E-state index is 11.2. The lowest BCUT2D eigenvalue weighted by Crippen LogP contribution is -2.10. The molecule has 0 unspecified atom stereocenters. The summed E-state index contributed by atoms with van der Waals surface area (Å²) in [6, 6.07) is 8.15. The fourth-order valence-electron chi connectivity index (χ4n) is 2.40. The van der Waals surface area contributed by atoms with Crippen LogP contribution in [0.5, 0.6) is 0 Å². The van der Waals surface area contributed by atoms with E-state index in [1.807, 2.05) is 19.1 Å². The molecule has 2 aromatic rings. The second-order valence-electron chi connectivity index (χ2n) is 4.98. The molecule has 0 aliphatic carbocycles. The summed E-state index contributed by atoms with van der Waals surface area (Å²) in [5.41, 5.74) is 3.07. The van der Waals surface area contributed by atoms with E-state index in [4.69, 9.17) is 0 Å². The molecule has 0 radical (unpaired) electrons. The molecular weight excluding hydrogens is 268 g/mol. The number of rotatable bonds is 6. The second kappa shape index (κ2) is 6.39. The topological polar surface area (TPSA) is 73.0 Å². The molecule has 0 aliphatic heterocycles. The number of nitrogens with zero attached hydrogens (tertiary/aromatic N) is 3. The fraction of sp³-hybridized carbons (Fsp3) is 0.400. The monoisotopic (exact) mass is 288 g/mol. The van der Waals surface area contributed by atoms with Crippen LogP contribution >= 0.6 is 0 Å². The molecule has 1 aromatic heterocycles. The van der Waals surface area contributed by atoms with Crippen LogP contribution < -0.4 is 5.32 Å². The summed E-state index contributed by atoms with van der Waals surface area (Å²) in [5, 5.41) is 18.6. The van der Waals surface area contributed by atoms with Gasteiger partial charge >= 0.3 is 5.69 Å². The molecule has 0 fully saturated rings. The van der Waals surface area contributed by atoms with E-state index in [1.54, 1.807) is 11.7 Å². The first-order valence-electron chi connectivity index (χ1n) is 7.03. The zero-order valence-electron chi connectivity index (χ0n) is 12.6. The molecule has 6 heteroatoms. The number of benzene rings is 1. The molecule has 112 valence electrons. The van der Waals surface area contributed by atoms with Gasteiger partial charge in [-0.15, -0.1) is 0 Å². The first-order chi connectivity index (χ1) is 10.0. The van der Waals surface area contributed by atoms with E-state index in [0.29, 0.717) is 24.5 Å². The van der Waals surface area contributed by atoms with Gasteiger partial charge in [0.15, 0.2) is 0 Å². The molecular formula is C15H20N4O2. The van der Waals surface area contributed by atoms with Gasteiger partial charge in [-0.05, 0) is 30.9 Å². The van der Waals surface area contributed by atoms with Crippen LogP contribution in [0, 0.1) is 17.0 Å². The lowest BCUT2D eigenvalue weighted by molar-refractivity contribution is -0.384. The van der Waals surface area contributed by atoms with Crippen LogP contribution in [0.3, 0.4) is 0 Å². The van der Waals surface area contributed by atoms with E-state index in [1.165, 1.54) is 11.1 Å². The Balaban J connectivity index is 2.12. The zero-order valence-corrected chi connectivity index (χ0v) is 12.6. The summed E-state index contributed by atoms with van der Waals surface area (Å²) in [7, 11) is 1.72. The average molecular weight is 288 g/mol. The minimum Gasteiger partial charge on any atom is -0.364 e. The number of aryl methyl sites for hydroxylation is 3. The number of anilines is 1. The van der Waals surface area contributed by atoms with Gasteiger partial charge in [0.05, 0.1) is 4.92 Å². The number of nitrogens with one attached hydrogen (secondary N) is 1. The standard InChI is InChI=1S/C15H20N4O2/c1-4-13-14(19(20)21)15(18(3)17-13)16-10-9-12-8-6-5-7-11(12)2/h5-8,16H,4,9-10H2,1-3H3. The molecule has 0 saturated carbocycles. The van der Waals surface area contributed by atoms with Crippen LogP contribution in [0.15, 0.2) is 24.3 Å². The SMILES string of the molecule is CCc1nn(C)c(NCCc2ccccc2C)c1[N+](=O)[O-]. The molecule has 1 heterocycles. The van der Waals surface area contributed by atoms with Crippen molar-refractivity contribution in [1.82, 2.24) is 9.78 Å². The lowest BCUT2D eigenvalue weighted by Gasteiger charge is -2.08. The average Bonchev–Trinajstić information content (AvgIpc) is 2.77.